The number of hydrogen-bond acceptors (Lipinski definition) is 7. The fraction of sp³-hybridized carbons (Fsp3) is 0.811. The van der Waals surface area contributed by atoms with Gasteiger partial charge in [0, 0.05) is 10.8 Å². The van der Waals surface area contributed by atoms with Crippen LogP contribution < -0.4 is 0 Å². The molecule has 0 radical (unpaired) electrons. The molecule has 0 unspecified atom stereocenters. The normalized spacial score (nSPS) is 37.4. The Hall–Kier alpha value is -2.19. The average molecular weight is 631 g/mol. The van der Waals surface area contributed by atoms with Crippen molar-refractivity contribution in [3.8, 4) is 0 Å². The minimum Gasteiger partial charge on any atom is -0.481 e. The van der Waals surface area contributed by atoms with Crippen molar-refractivity contribution in [3.05, 3.63) is 23.3 Å². The van der Waals surface area contributed by atoms with Crippen molar-refractivity contribution in [2.24, 2.45) is 45.3 Å². The van der Waals surface area contributed by atoms with Crippen molar-refractivity contribution in [1.29, 1.82) is 0 Å². The number of methoxy groups -OCH3 is 1. The summed E-state index contributed by atoms with van der Waals surface area (Å²) in [5, 5.41) is 31.7. The highest BCUT2D eigenvalue weighted by Gasteiger charge is 2.66. The highest BCUT2D eigenvalue weighted by Crippen LogP contribution is 2.72. The van der Waals surface area contributed by atoms with E-state index in [0.29, 0.717) is 31.1 Å². The maximum atomic E-state index is 12.8. The molecule has 8 nitrogen and oxygen atoms in total. The van der Waals surface area contributed by atoms with E-state index in [0.717, 1.165) is 44.1 Å². The van der Waals surface area contributed by atoms with Crippen molar-refractivity contribution >= 4 is 17.9 Å². The topological polar surface area (TPSA) is 130 Å². The van der Waals surface area contributed by atoms with Gasteiger partial charge in [-0.05, 0) is 93.3 Å². The molecule has 8 heteroatoms. The Bertz CT molecular complexity index is 1220. The van der Waals surface area contributed by atoms with Crippen LogP contribution >= 0.6 is 0 Å². The second kappa shape index (κ2) is 12.8. The minimum atomic E-state index is -1.13. The molecule has 0 aromatic carbocycles. The van der Waals surface area contributed by atoms with Crippen LogP contribution in [-0.4, -0.2) is 58.6 Å². The van der Waals surface area contributed by atoms with Gasteiger partial charge in [-0.3, -0.25) is 14.4 Å². The van der Waals surface area contributed by atoms with Crippen LogP contribution in [-0.2, 0) is 23.9 Å². The number of allylic oxidation sites excluding steroid dienone is 1. The molecule has 10 atom stereocenters. The van der Waals surface area contributed by atoms with Gasteiger partial charge in [0.1, 0.15) is 6.10 Å². The molecule has 0 heterocycles. The molecular formula is C37H58O8. The van der Waals surface area contributed by atoms with E-state index in [9.17, 15) is 29.7 Å². The molecule has 0 amide bonds. The summed E-state index contributed by atoms with van der Waals surface area (Å²) in [5.41, 5.74) is 2.96. The smallest absolute Gasteiger partial charge is 0.310 e. The summed E-state index contributed by atoms with van der Waals surface area (Å²) in [6.45, 7) is 19.5. The number of hydrogen-bond donors (Lipinski definition) is 3. The van der Waals surface area contributed by atoms with E-state index < -0.39 is 36.0 Å². The molecule has 4 aliphatic rings. The van der Waals surface area contributed by atoms with Crippen LogP contribution in [0.1, 0.15) is 119 Å². The monoisotopic (exact) mass is 630 g/mol. The lowest BCUT2D eigenvalue weighted by Crippen LogP contribution is -2.58. The SMILES string of the molecule is C=C(CC[C@@H](C)[C@H]1CC[C@@]2(C)C3=C(C[C@H](O)[C@]12C)[C@@]1(C)CC[C@@H](OC(=O)C[C@@H](O)CC(=O)OC)C(C)(C)[C@@H]1CC3)[C@H](C)C(=O)O. The molecule has 4 aliphatic carbocycles. The molecule has 0 spiro atoms. The zero-order valence-electron chi connectivity index (χ0n) is 28.9. The van der Waals surface area contributed by atoms with E-state index in [-0.39, 0.29) is 46.5 Å². The Morgan fingerprint density at radius 2 is 1.62 bits per heavy atom. The van der Waals surface area contributed by atoms with Crippen LogP contribution in [0, 0.1) is 45.3 Å². The maximum absolute atomic E-state index is 12.8. The Morgan fingerprint density at radius 1 is 0.978 bits per heavy atom. The van der Waals surface area contributed by atoms with E-state index >= 15 is 0 Å². The predicted octanol–water partition coefficient (Wildman–Crippen LogP) is 6.63. The number of carbonyl (C=O) groups excluding carboxylic acids is 2. The van der Waals surface area contributed by atoms with Crippen molar-refractivity contribution in [1.82, 2.24) is 0 Å². The lowest BCUT2D eigenvalue weighted by Gasteiger charge is -2.63. The number of ether oxygens (including phenoxy) is 2. The van der Waals surface area contributed by atoms with Crippen LogP contribution in [0.2, 0.25) is 0 Å². The fourth-order valence-corrected chi connectivity index (χ4v) is 10.6. The number of carboxylic acids is 1. The van der Waals surface area contributed by atoms with Crippen molar-refractivity contribution < 1.29 is 39.2 Å². The Kier molecular flexibility index (Phi) is 10.1. The third kappa shape index (κ3) is 6.03. The number of carbonyl (C=O) groups is 3. The average Bonchev–Trinajstić information content (AvgIpc) is 3.25. The van der Waals surface area contributed by atoms with Gasteiger partial charge in [-0.25, -0.2) is 0 Å². The first kappa shape index (κ1) is 35.7. The van der Waals surface area contributed by atoms with Gasteiger partial charge in [0.15, 0.2) is 0 Å². The summed E-state index contributed by atoms with van der Waals surface area (Å²) in [5.74, 6) is -1.48. The largest absolute Gasteiger partial charge is 0.481 e. The summed E-state index contributed by atoms with van der Waals surface area (Å²) in [6, 6.07) is 0. The van der Waals surface area contributed by atoms with Crippen molar-refractivity contribution in [2.45, 2.75) is 137 Å². The molecule has 3 N–H and O–H groups in total. The molecule has 4 rings (SSSR count). The first-order chi connectivity index (χ1) is 20.8. The van der Waals surface area contributed by atoms with Gasteiger partial charge in [-0.1, -0.05) is 64.8 Å². The summed E-state index contributed by atoms with van der Waals surface area (Å²) >= 11 is 0. The van der Waals surface area contributed by atoms with E-state index in [4.69, 9.17) is 4.74 Å². The third-order valence-electron chi connectivity index (χ3n) is 13.7. The molecule has 0 aromatic rings. The van der Waals surface area contributed by atoms with Gasteiger partial charge in [-0.15, -0.1) is 0 Å². The molecule has 45 heavy (non-hydrogen) atoms. The first-order valence-corrected chi connectivity index (χ1v) is 17.1. The first-order valence-electron chi connectivity index (χ1n) is 17.1. The lowest BCUT2D eigenvalue weighted by molar-refractivity contribution is -0.173. The van der Waals surface area contributed by atoms with Gasteiger partial charge in [0.25, 0.3) is 0 Å². The third-order valence-corrected chi connectivity index (χ3v) is 13.7. The Morgan fingerprint density at radius 3 is 2.24 bits per heavy atom. The molecule has 254 valence electrons. The van der Waals surface area contributed by atoms with Crippen LogP contribution in [0.25, 0.3) is 0 Å². The Balaban J connectivity index is 1.53. The molecule has 2 fully saturated rings. The van der Waals surface area contributed by atoms with E-state index in [1.165, 1.54) is 12.7 Å². The highest BCUT2D eigenvalue weighted by molar-refractivity contribution is 5.74. The number of fused-ring (bicyclic) bond motifs is 4. The van der Waals surface area contributed by atoms with Gasteiger partial charge >= 0.3 is 17.9 Å². The zero-order chi connectivity index (χ0) is 33.7. The number of aliphatic carboxylic acids is 1. The molecule has 0 aromatic heterocycles. The van der Waals surface area contributed by atoms with E-state index in [1.54, 1.807) is 12.5 Å². The van der Waals surface area contributed by atoms with E-state index in [1.807, 2.05) is 0 Å². The number of carboxylic acid groups (broad SMARTS) is 1. The summed E-state index contributed by atoms with van der Waals surface area (Å²) in [6.07, 6.45) is 5.49. The van der Waals surface area contributed by atoms with E-state index in [2.05, 4.69) is 52.9 Å². The molecule has 2 saturated carbocycles. The number of aliphatic hydroxyl groups excluding tert-OH is 2. The Labute approximate surface area is 270 Å². The molecule has 0 aliphatic heterocycles. The summed E-state index contributed by atoms with van der Waals surface area (Å²) in [4.78, 5) is 35.8. The zero-order valence-corrected chi connectivity index (χ0v) is 28.9. The van der Waals surface area contributed by atoms with Crippen LogP contribution in [0.3, 0.4) is 0 Å². The summed E-state index contributed by atoms with van der Waals surface area (Å²) in [7, 11) is 1.25. The molecular weight excluding hydrogens is 572 g/mol. The van der Waals surface area contributed by atoms with Crippen molar-refractivity contribution in [3.63, 3.8) is 0 Å². The maximum Gasteiger partial charge on any atom is 0.310 e. The number of esters is 2. The molecule has 0 bridgehead atoms. The minimum absolute atomic E-state index is 0.107. The number of rotatable bonds is 11. The predicted molar refractivity (Wildman–Crippen MR) is 172 cm³/mol. The highest BCUT2D eigenvalue weighted by atomic mass is 16.5. The van der Waals surface area contributed by atoms with Gasteiger partial charge < -0.3 is 24.8 Å². The van der Waals surface area contributed by atoms with Crippen LogP contribution in [0.4, 0.5) is 0 Å². The van der Waals surface area contributed by atoms with Gasteiger partial charge in [-0.2, -0.15) is 0 Å². The van der Waals surface area contributed by atoms with Crippen LogP contribution in [0.15, 0.2) is 23.3 Å². The second-order valence-corrected chi connectivity index (χ2v) is 16.2. The van der Waals surface area contributed by atoms with Crippen LogP contribution in [0.5, 0.6) is 0 Å². The molecule has 0 saturated heterocycles. The summed E-state index contributed by atoms with van der Waals surface area (Å²) < 4.78 is 10.6. The van der Waals surface area contributed by atoms with Gasteiger partial charge in [0.05, 0.1) is 38.1 Å². The number of aliphatic hydroxyl groups is 2. The van der Waals surface area contributed by atoms with Gasteiger partial charge in [0.2, 0.25) is 0 Å². The quantitative estimate of drug-likeness (QED) is 0.171. The standard InChI is InChI=1S/C37H58O8/c1-21(23(3)33(42)43)10-11-22(2)25-14-17-36(7)26-12-13-28-34(4,5)30(45-32(41)19-24(38)18-31(40)44-9)15-16-35(28,6)27(26)20-29(39)37(25,36)8/h22-25,28-30,38-39H,1,10-20H2,2-9H3,(H,42,43)/t22-,23+,24+,25-,28+,29+,30-,35-,36+,37+/m1/s1. The fourth-order valence-electron chi connectivity index (χ4n) is 10.6. The lowest BCUT2D eigenvalue weighted by atomic mass is 9.42. The second-order valence-electron chi connectivity index (χ2n) is 16.2. The van der Waals surface area contributed by atoms with Crippen molar-refractivity contribution in [2.75, 3.05) is 7.11 Å².